The highest BCUT2D eigenvalue weighted by atomic mass is 14.8. The summed E-state index contributed by atoms with van der Waals surface area (Å²) in [6.07, 6.45) is 0. The average Bonchev–Trinajstić information content (AvgIpc) is 2.74. The van der Waals surface area contributed by atoms with E-state index in [0.29, 0.717) is 0 Å². The minimum atomic E-state index is 0.741. The Morgan fingerprint density at radius 2 is 0.786 bits per heavy atom. The second kappa shape index (κ2) is 6.35. The van der Waals surface area contributed by atoms with Crippen molar-refractivity contribution in [3.05, 3.63) is 84.9 Å². The molecule has 0 atom stereocenters. The number of nitrogen functional groups attached to an aromatic ring is 2. The topological polar surface area (TPSA) is 77.8 Å². The average molecular weight is 362 g/mol. The van der Waals surface area contributed by atoms with Crippen molar-refractivity contribution in [2.45, 2.75) is 0 Å². The van der Waals surface area contributed by atoms with Crippen molar-refractivity contribution in [3.63, 3.8) is 0 Å². The molecule has 0 spiro atoms. The number of nitrogens with zero attached hydrogens (tertiary/aromatic N) is 2. The molecule has 0 unspecified atom stereocenters. The first-order valence-corrected chi connectivity index (χ1v) is 9.10. The number of hydrogen-bond donors (Lipinski definition) is 2. The van der Waals surface area contributed by atoms with Crippen LogP contribution in [0.4, 0.5) is 11.4 Å². The summed E-state index contributed by atoms with van der Waals surface area (Å²) in [6, 6.07) is 27.9. The van der Waals surface area contributed by atoms with Gasteiger partial charge in [0.1, 0.15) is 0 Å². The maximum atomic E-state index is 5.81. The molecule has 134 valence electrons. The number of aromatic nitrogens is 2. The van der Waals surface area contributed by atoms with Crippen LogP contribution in [0.3, 0.4) is 0 Å². The normalized spacial score (nSPS) is 11.1. The summed E-state index contributed by atoms with van der Waals surface area (Å²) in [5.74, 6) is 0. The second-order valence-corrected chi connectivity index (χ2v) is 6.85. The molecule has 4 N–H and O–H groups in total. The van der Waals surface area contributed by atoms with Crippen LogP contribution < -0.4 is 11.5 Å². The Labute approximate surface area is 162 Å². The van der Waals surface area contributed by atoms with E-state index in [4.69, 9.17) is 21.4 Å². The van der Waals surface area contributed by atoms with Crippen LogP contribution in [0.2, 0.25) is 0 Å². The minimum Gasteiger partial charge on any atom is -0.399 e. The lowest BCUT2D eigenvalue weighted by molar-refractivity contribution is 1.36. The Morgan fingerprint density at radius 3 is 1.18 bits per heavy atom. The number of pyridine rings is 2. The number of benzene rings is 3. The lowest BCUT2D eigenvalue weighted by Crippen LogP contribution is -1.91. The van der Waals surface area contributed by atoms with Gasteiger partial charge in [-0.15, -0.1) is 0 Å². The van der Waals surface area contributed by atoms with E-state index in [1.165, 1.54) is 0 Å². The quantitative estimate of drug-likeness (QED) is 0.331. The third-order valence-electron chi connectivity index (χ3n) is 4.93. The molecule has 0 aliphatic rings. The van der Waals surface area contributed by atoms with E-state index in [-0.39, 0.29) is 0 Å². The second-order valence-electron chi connectivity index (χ2n) is 6.85. The Morgan fingerprint density at radius 1 is 0.429 bits per heavy atom. The molecule has 28 heavy (non-hydrogen) atoms. The van der Waals surface area contributed by atoms with E-state index in [1.807, 2.05) is 60.7 Å². The molecule has 2 heterocycles. The summed E-state index contributed by atoms with van der Waals surface area (Å²) >= 11 is 0. The third kappa shape index (κ3) is 2.81. The lowest BCUT2D eigenvalue weighted by atomic mass is 10.1. The van der Waals surface area contributed by atoms with E-state index in [0.717, 1.165) is 55.7 Å². The number of nitrogens with two attached hydrogens (primary N) is 2. The molecule has 0 radical (unpaired) electrons. The Hall–Kier alpha value is -3.92. The number of anilines is 2. The molecule has 3 aromatic carbocycles. The van der Waals surface area contributed by atoms with Crippen molar-refractivity contribution < 1.29 is 0 Å². The van der Waals surface area contributed by atoms with Crippen LogP contribution in [0.15, 0.2) is 84.9 Å². The van der Waals surface area contributed by atoms with Crippen LogP contribution >= 0.6 is 0 Å². The lowest BCUT2D eigenvalue weighted by Gasteiger charge is -2.08. The summed E-state index contributed by atoms with van der Waals surface area (Å²) < 4.78 is 0. The number of fused-ring (bicyclic) bond motifs is 3. The predicted molar refractivity (Wildman–Crippen MR) is 117 cm³/mol. The summed E-state index contributed by atoms with van der Waals surface area (Å²) in [6.45, 7) is 0. The van der Waals surface area contributed by atoms with Crippen molar-refractivity contribution in [3.8, 4) is 22.5 Å². The molecule has 5 rings (SSSR count). The van der Waals surface area contributed by atoms with Crippen molar-refractivity contribution >= 4 is 33.2 Å². The Kier molecular flexibility index (Phi) is 3.69. The summed E-state index contributed by atoms with van der Waals surface area (Å²) in [5, 5.41) is 2.13. The van der Waals surface area contributed by atoms with Gasteiger partial charge < -0.3 is 11.5 Å². The zero-order chi connectivity index (χ0) is 19.1. The first kappa shape index (κ1) is 16.3. The van der Waals surface area contributed by atoms with Gasteiger partial charge in [0.2, 0.25) is 0 Å². The SMILES string of the molecule is Nc1ccc(-c2ccc3ccc4ccc(-c5ccc(N)cc5)nc4c3n2)cc1. The minimum absolute atomic E-state index is 0.741. The van der Waals surface area contributed by atoms with E-state index in [1.54, 1.807) is 0 Å². The van der Waals surface area contributed by atoms with Gasteiger partial charge >= 0.3 is 0 Å². The van der Waals surface area contributed by atoms with E-state index in [9.17, 15) is 0 Å². The zero-order valence-electron chi connectivity index (χ0n) is 15.1. The van der Waals surface area contributed by atoms with Gasteiger partial charge in [0.15, 0.2) is 0 Å². The van der Waals surface area contributed by atoms with Crippen LogP contribution in [-0.2, 0) is 0 Å². The van der Waals surface area contributed by atoms with E-state index < -0.39 is 0 Å². The molecule has 0 saturated carbocycles. The van der Waals surface area contributed by atoms with Gasteiger partial charge in [-0.1, -0.05) is 48.5 Å². The van der Waals surface area contributed by atoms with E-state index >= 15 is 0 Å². The number of rotatable bonds is 2. The van der Waals surface area contributed by atoms with Gasteiger partial charge in [-0.3, -0.25) is 0 Å². The van der Waals surface area contributed by atoms with Crippen LogP contribution in [0.5, 0.6) is 0 Å². The first-order valence-electron chi connectivity index (χ1n) is 9.10. The first-order chi connectivity index (χ1) is 13.7. The van der Waals surface area contributed by atoms with Gasteiger partial charge in [-0.25, -0.2) is 9.97 Å². The van der Waals surface area contributed by atoms with Crippen molar-refractivity contribution in [1.29, 1.82) is 0 Å². The largest absolute Gasteiger partial charge is 0.399 e. The van der Waals surface area contributed by atoms with Crippen molar-refractivity contribution in [2.75, 3.05) is 11.5 Å². The van der Waals surface area contributed by atoms with Gasteiger partial charge in [-0.05, 0) is 36.4 Å². The summed E-state index contributed by atoms with van der Waals surface area (Å²) in [4.78, 5) is 9.86. The highest BCUT2D eigenvalue weighted by Crippen LogP contribution is 2.29. The van der Waals surface area contributed by atoms with Crippen LogP contribution in [-0.4, -0.2) is 9.97 Å². The smallest absolute Gasteiger partial charge is 0.0972 e. The fourth-order valence-corrected chi connectivity index (χ4v) is 3.40. The summed E-state index contributed by atoms with van der Waals surface area (Å²) in [7, 11) is 0. The predicted octanol–water partition coefficient (Wildman–Crippen LogP) is 5.28. The van der Waals surface area contributed by atoms with E-state index in [2.05, 4.69) is 24.3 Å². The molecular weight excluding hydrogens is 344 g/mol. The molecule has 0 saturated heterocycles. The fourth-order valence-electron chi connectivity index (χ4n) is 3.40. The van der Waals surface area contributed by atoms with Gasteiger partial charge in [0, 0.05) is 33.3 Å². The molecule has 0 amide bonds. The maximum Gasteiger partial charge on any atom is 0.0972 e. The highest BCUT2D eigenvalue weighted by molar-refractivity contribution is 6.04. The Bertz CT molecular complexity index is 1200. The standard InChI is InChI=1S/C24H18N4/c25-19-9-3-15(4-10-19)21-13-7-17-1-2-18-8-14-22(28-24(18)23(17)27-21)16-5-11-20(26)12-6-16/h1-14H,25-26H2. The molecule has 0 aliphatic carbocycles. The van der Waals surface area contributed by atoms with Crippen LogP contribution in [0.1, 0.15) is 0 Å². The van der Waals surface area contributed by atoms with Gasteiger partial charge in [-0.2, -0.15) is 0 Å². The van der Waals surface area contributed by atoms with Gasteiger partial charge in [0.05, 0.1) is 22.4 Å². The Balaban J connectivity index is 1.72. The van der Waals surface area contributed by atoms with Crippen molar-refractivity contribution in [2.24, 2.45) is 0 Å². The monoisotopic (exact) mass is 362 g/mol. The molecule has 5 aromatic rings. The van der Waals surface area contributed by atoms with Gasteiger partial charge in [0.25, 0.3) is 0 Å². The van der Waals surface area contributed by atoms with Crippen LogP contribution in [0, 0.1) is 0 Å². The molecule has 0 aliphatic heterocycles. The highest BCUT2D eigenvalue weighted by Gasteiger charge is 2.08. The summed E-state index contributed by atoms with van der Waals surface area (Å²) in [5.41, 5.74) is 18.8. The molecule has 4 nitrogen and oxygen atoms in total. The van der Waals surface area contributed by atoms with Crippen molar-refractivity contribution in [1.82, 2.24) is 9.97 Å². The molecule has 2 aromatic heterocycles. The molecule has 0 fully saturated rings. The zero-order valence-corrected chi connectivity index (χ0v) is 15.1. The third-order valence-corrected chi connectivity index (χ3v) is 4.93. The molecular formula is C24H18N4. The number of hydrogen-bond acceptors (Lipinski definition) is 4. The molecule has 4 heteroatoms. The maximum absolute atomic E-state index is 5.81. The fraction of sp³-hybridized carbons (Fsp3) is 0. The molecule has 0 bridgehead atoms. The van der Waals surface area contributed by atoms with Crippen LogP contribution in [0.25, 0.3) is 44.3 Å².